The fourth-order valence-electron chi connectivity index (χ4n) is 2.77. The molecule has 1 nitrogen and oxygen atoms in total. The van der Waals surface area contributed by atoms with E-state index in [2.05, 4.69) is 42.2 Å². The van der Waals surface area contributed by atoms with Gasteiger partial charge < -0.3 is 0 Å². The third-order valence-corrected chi connectivity index (χ3v) is 3.94. The summed E-state index contributed by atoms with van der Waals surface area (Å²) in [5, 5.41) is 2.53. The van der Waals surface area contributed by atoms with Gasteiger partial charge in [0.25, 0.3) is 0 Å². The largest absolute Gasteiger partial charge is 0.194 e. The second-order valence-corrected chi connectivity index (χ2v) is 5.21. The van der Waals surface area contributed by atoms with Gasteiger partial charge >= 0.3 is 0 Å². The normalized spacial score (nSPS) is 14.7. The predicted molar refractivity (Wildman–Crippen MR) is 86.3 cm³/mol. The maximum Gasteiger partial charge on any atom is 0.0803 e. The smallest absolute Gasteiger partial charge is 0.0803 e. The first-order chi connectivity index (χ1) is 9.30. The van der Waals surface area contributed by atoms with Gasteiger partial charge in [0.05, 0.1) is 10.8 Å². The quantitative estimate of drug-likeness (QED) is 0.520. The highest BCUT2D eigenvalue weighted by atomic mass is 32.1. The average Bonchev–Trinajstić information content (AvgIpc) is 2.48. The van der Waals surface area contributed by atoms with Crippen LogP contribution in [0.5, 0.6) is 0 Å². The summed E-state index contributed by atoms with van der Waals surface area (Å²) < 4.78 is 0. The highest BCUT2D eigenvalue weighted by Crippen LogP contribution is 2.33. The Bertz CT molecular complexity index is 511. The molecule has 1 aliphatic carbocycles. The molecule has 0 aromatic heterocycles. The van der Waals surface area contributed by atoms with E-state index in [-0.39, 0.29) is 0 Å². The van der Waals surface area contributed by atoms with Gasteiger partial charge in [0.15, 0.2) is 0 Å². The first kappa shape index (κ1) is 14.2. The summed E-state index contributed by atoms with van der Waals surface area (Å²) >= 11 is 4.78. The van der Waals surface area contributed by atoms with E-state index in [0.717, 1.165) is 18.5 Å². The van der Waals surface area contributed by atoms with Crippen molar-refractivity contribution in [2.24, 2.45) is 4.99 Å². The Morgan fingerprint density at radius 1 is 1.16 bits per heavy atom. The third-order valence-electron chi connectivity index (χ3n) is 3.85. The van der Waals surface area contributed by atoms with Gasteiger partial charge in [0.1, 0.15) is 0 Å². The molecule has 0 fully saturated rings. The van der Waals surface area contributed by atoms with Crippen molar-refractivity contribution in [1.29, 1.82) is 0 Å². The maximum atomic E-state index is 4.78. The molecule has 0 amide bonds. The molecule has 0 spiro atoms. The molecule has 0 saturated carbocycles. The molecule has 0 unspecified atom stereocenters. The number of hydrogen-bond donors (Lipinski definition) is 0. The fraction of sp³-hybridized carbons (Fsp3) is 0.471. The van der Waals surface area contributed by atoms with E-state index in [4.69, 9.17) is 12.2 Å². The second-order valence-electron chi connectivity index (χ2n) is 5.03. The van der Waals surface area contributed by atoms with Crippen LogP contribution >= 0.6 is 12.2 Å². The summed E-state index contributed by atoms with van der Waals surface area (Å²) in [5.41, 5.74) is 6.52. The lowest BCUT2D eigenvalue weighted by Gasteiger charge is -2.17. The van der Waals surface area contributed by atoms with Crippen molar-refractivity contribution in [2.45, 2.75) is 52.4 Å². The van der Waals surface area contributed by atoms with Crippen molar-refractivity contribution in [3.8, 4) is 0 Å². The molecule has 2 rings (SSSR count). The van der Waals surface area contributed by atoms with E-state index in [1.165, 1.54) is 47.9 Å². The average molecular weight is 271 g/mol. The number of aryl methyl sites for hydroxylation is 2. The lowest BCUT2D eigenvalue weighted by atomic mass is 9.90. The number of nitrogens with zero attached hydrogens (tertiary/aromatic N) is 1. The molecule has 0 bridgehead atoms. The van der Waals surface area contributed by atoms with Crippen molar-refractivity contribution >= 4 is 28.6 Å². The molecule has 0 heterocycles. The van der Waals surface area contributed by atoms with E-state index in [1.807, 2.05) is 0 Å². The minimum atomic E-state index is 0.990. The first-order valence-corrected chi connectivity index (χ1v) is 7.64. The molecule has 0 radical (unpaired) electrons. The molecule has 0 aliphatic heterocycles. The number of hydrogen-bond acceptors (Lipinski definition) is 2. The van der Waals surface area contributed by atoms with Crippen molar-refractivity contribution in [3.63, 3.8) is 0 Å². The summed E-state index contributed by atoms with van der Waals surface area (Å²) in [5.74, 6) is 0. The van der Waals surface area contributed by atoms with Crippen LogP contribution in [-0.2, 0) is 12.8 Å². The molecule has 0 saturated heterocycles. The summed E-state index contributed by atoms with van der Waals surface area (Å²) in [7, 11) is 0. The number of thiocarbonyl (C=S) groups is 1. The van der Waals surface area contributed by atoms with Gasteiger partial charge in [-0.15, -0.1) is 0 Å². The number of rotatable bonds is 4. The monoisotopic (exact) mass is 271 g/mol. The highest BCUT2D eigenvalue weighted by molar-refractivity contribution is 7.78. The molecular weight excluding hydrogens is 250 g/mol. The molecule has 0 atom stereocenters. The number of allylic oxidation sites excluding steroid dienone is 2. The fourth-order valence-corrected chi connectivity index (χ4v) is 2.87. The van der Waals surface area contributed by atoms with Gasteiger partial charge in [-0.25, -0.2) is 0 Å². The number of benzene rings is 1. The molecule has 0 N–H and O–H groups in total. The minimum Gasteiger partial charge on any atom is -0.194 e. The molecule has 2 heteroatoms. The van der Waals surface area contributed by atoms with E-state index < -0.39 is 0 Å². The number of isothiocyanates is 1. The standard InChI is InChI=1S/C17H21NS/c1-3-13-10-16(15-8-6-5-7-9-15)11-14(4-2)17(13)18-12-19/h8,10-11H,3-7,9H2,1-2H3. The molecule has 100 valence electrons. The molecule has 1 aromatic rings. The van der Waals surface area contributed by atoms with Gasteiger partial charge in [0, 0.05) is 0 Å². The zero-order valence-electron chi connectivity index (χ0n) is 11.8. The Labute approximate surface area is 121 Å². The summed E-state index contributed by atoms with van der Waals surface area (Å²) in [6, 6.07) is 4.59. The van der Waals surface area contributed by atoms with Crippen LogP contribution in [0.1, 0.15) is 56.2 Å². The predicted octanol–water partition coefficient (Wildman–Crippen LogP) is 5.50. The van der Waals surface area contributed by atoms with Crippen LogP contribution in [0.25, 0.3) is 5.57 Å². The topological polar surface area (TPSA) is 12.4 Å². The SMILES string of the molecule is CCc1cc(C2=CCCCC2)cc(CC)c1N=C=S. The molecule has 1 aromatic carbocycles. The van der Waals surface area contributed by atoms with Gasteiger partial charge in [-0.1, -0.05) is 19.9 Å². The summed E-state index contributed by atoms with van der Waals surface area (Å²) in [6.45, 7) is 4.35. The lowest BCUT2D eigenvalue weighted by molar-refractivity contribution is 0.742. The first-order valence-electron chi connectivity index (χ1n) is 7.23. The lowest BCUT2D eigenvalue weighted by Crippen LogP contribution is -1.96. The third kappa shape index (κ3) is 3.20. The van der Waals surface area contributed by atoms with E-state index >= 15 is 0 Å². The number of aliphatic imine (C=N–C) groups is 1. The van der Waals surface area contributed by atoms with E-state index in [1.54, 1.807) is 0 Å². The second kappa shape index (κ2) is 6.79. The Kier molecular flexibility index (Phi) is 5.07. The van der Waals surface area contributed by atoms with E-state index in [9.17, 15) is 0 Å². The van der Waals surface area contributed by atoms with Crippen LogP contribution in [0.4, 0.5) is 5.69 Å². The van der Waals surface area contributed by atoms with Crippen molar-refractivity contribution in [1.82, 2.24) is 0 Å². The zero-order valence-corrected chi connectivity index (χ0v) is 12.6. The van der Waals surface area contributed by atoms with Crippen molar-refractivity contribution in [3.05, 3.63) is 34.9 Å². The molecule has 19 heavy (non-hydrogen) atoms. The molecule has 1 aliphatic rings. The van der Waals surface area contributed by atoms with Gasteiger partial charge in [0.2, 0.25) is 0 Å². The van der Waals surface area contributed by atoms with Crippen molar-refractivity contribution in [2.75, 3.05) is 0 Å². The van der Waals surface area contributed by atoms with Crippen LogP contribution in [0, 0.1) is 0 Å². The van der Waals surface area contributed by atoms with Crippen LogP contribution in [0.15, 0.2) is 23.2 Å². The van der Waals surface area contributed by atoms with Crippen LogP contribution in [0.3, 0.4) is 0 Å². The van der Waals surface area contributed by atoms with Gasteiger partial charge in [-0.3, -0.25) is 0 Å². The van der Waals surface area contributed by atoms with Crippen LogP contribution in [-0.4, -0.2) is 5.16 Å². The minimum absolute atomic E-state index is 0.990. The Morgan fingerprint density at radius 3 is 2.32 bits per heavy atom. The summed E-state index contributed by atoms with van der Waals surface area (Å²) in [6.07, 6.45) is 9.46. The molecular formula is C17H21NS. The Morgan fingerprint density at radius 2 is 1.84 bits per heavy atom. The van der Waals surface area contributed by atoms with Crippen LogP contribution in [0.2, 0.25) is 0 Å². The van der Waals surface area contributed by atoms with Crippen molar-refractivity contribution < 1.29 is 0 Å². The Balaban J connectivity index is 2.52. The highest BCUT2D eigenvalue weighted by Gasteiger charge is 2.12. The zero-order chi connectivity index (χ0) is 13.7. The Hall–Kier alpha value is -1.24. The van der Waals surface area contributed by atoms with Gasteiger partial charge in [-0.05, 0) is 85.1 Å². The van der Waals surface area contributed by atoms with Crippen LogP contribution < -0.4 is 0 Å². The summed E-state index contributed by atoms with van der Waals surface area (Å²) in [4.78, 5) is 4.28. The van der Waals surface area contributed by atoms with E-state index in [0.29, 0.717) is 0 Å². The van der Waals surface area contributed by atoms with Gasteiger partial charge in [-0.2, -0.15) is 4.99 Å². The maximum absolute atomic E-state index is 4.78.